The van der Waals surface area contributed by atoms with Crippen LogP contribution in [0.25, 0.3) is 0 Å². The molecular weight excluding hydrogens is 410 g/mol. The molecule has 0 aliphatic heterocycles. The summed E-state index contributed by atoms with van der Waals surface area (Å²) in [6.07, 6.45) is 3.70. The zero-order chi connectivity index (χ0) is 21.5. The lowest BCUT2D eigenvalue weighted by Gasteiger charge is -2.12. The van der Waals surface area contributed by atoms with Gasteiger partial charge in [-0.15, -0.1) is 0 Å². The molecule has 1 amide bonds. The Morgan fingerprint density at radius 2 is 1.61 bits per heavy atom. The molecule has 5 nitrogen and oxygen atoms in total. The van der Waals surface area contributed by atoms with Gasteiger partial charge in [0.2, 0.25) is 0 Å². The van der Waals surface area contributed by atoms with E-state index in [2.05, 4.69) is 10.4 Å². The second-order valence-corrected chi connectivity index (χ2v) is 7.55. The van der Waals surface area contributed by atoms with Crippen LogP contribution in [0, 0.1) is 0 Å². The summed E-state index contributed by atoms with van der Waals surface area (Å²) in [5.74, 6) is 0.372. The normalized spacial score (nSPS) is 10.6. The number of carbonyl (C=O) groups is 1. The van der Waals surface area contributed by atoms with Crippen LogP contribution in [0.2, 0.25) is 5.02 Å². The molecule has 0 unspecified atom stereocenters. The second-order valence-electron chi connectivity index (χ2n) is 7.11. The minimum absolute atomic E-state index is 0.174. The lowest BCUT2D eigenvalue weighted by Crippen LogP contribution is -2.23. The van der Waals surface area contributed by atoms with E-state index in [-0.39, 0.29) is 5.91 Å². The van der Waals surface area contributed by atoms with Crippen molar-refractivity contribution in [2.24, 2.45) is 0 Å². The van der Waals surface area contributed by atoms with Gasteiger partial charge in [0.05, 0.1) is 12.1 Å². The standard InChI is InChI=1S/C25H22ClN3O2/c26-22-12-10-21(11-13-22)18-31-24-5-2-1-4-23(24)25(30)27-16-19-6-8-20(9-7-19)17-29-15-3-14-28-29/h1-15H,16-18H2,(H,27,30). The Balaban J connectivity index is 1.34. The summed E-state index contributed by atoms with van der Waals surface area (Å²) in [5.41, 5.74) is 3.67. The highest BCUT2D eigenvalue weighted by atomic mass is 35.5. The van der Waals surface area contributed by atoms with Crippen molar-refractivity contribution in [3.8, 4) is 5.75 Å². The third-order valence-electron chi connectivity index (χ3n) is 4.82. The van der Waals surface area contributed by atoms with Gasteiger partial charge in [0.1, 0.15) is 12.4 Å². The van der Waals surface area contributed by atoms with Crippen LogP contribution in [0.15, 0.2) is 91.3 Å². The Morgan fingerprint density at radius 1 is 0.903 bits per heavy atom. The number of ether oxygens (including phenoxy) is 1. The minimum Gasteiger partial charge on any atom is -0.488 e. The van der Waals surface area contributed by atoms with Gasteiger partial charge in [-0.05, 0) is 47.0 Å². The molecule has 3 aromatic carbocycles. The quantitative estimate of drug-likeness (QED) is 0.422. The lowest BCUT2D eigenvalue weighted by atomic mass is 10.1. The molecule has 0 bridgehead atoms. The van der Waals surface area contributed by atoms with E-state index in [9.17, 15) is 4.79 Å². The zero-order valence-electron chi connectivity index (χ0n) is 16.9. The number of para-hydroxylation sites is 1. The number of nitrogens with zero attached hydrogens (tertiary/aromatic N) is 2. The Bertz CT molecular complexity index is 1120. The van der Waals surface area contributed by atoms with Crippen molar-refractivity contribution in [3.05, 3.63) is 119 Å². The number of carbonyl (C=O) groups excluding carboxylic acids is 1. The molecule has 1 heterocycles. The Morgan fingerprint density at radius 3 is 2.35 bits per heavy atom. The molecule has 0 saturated heterocycles. The maximum absolute atomic E-state index is 12.8. The van der Waals surface area contributed by atoms with E-state index in [4.69, 9.17) is 16.3 Å². The summed E-state index contributed by atoms with van der Waals surface area (Å²) < 4.78 is 7.76. The van der Waals surface area contributed by atoms with Crippen molar-refractivity contribution < 1.29 is 9.53 Å². The molecule has 1 N–H and O–H groups in total. The van der Waals surface area contributed by atoms with Crippen molar-refractivity contribution in [1.82, 2.24) is 15.1 Å². The summed E-state index contributed by atoms with van der Waals surface area (Å²) in [4.78, 5) is 12.8. The van der Waals surface area contributed by atoms with Crippen LogP contribution < -0.4 is 10.1 Å². The first kappa shape index (κ1) is 20.7. The van der Waals surface area contributed by atoms with Crippen LogP contribution in [-0.2, 0) is 19.7 Å². The summed E-state index contributed by atoms with van der Waals surface area (Å²) >= 11 is 5.92. The molecule has 1 aromatic heterocycles. The zero-order valence-corrected chi connectivity index (χ0v) is 17.6. The molecule has 0 radical (unpaired) electrons. The summed E-state index contributed by atoms with van der Waals surface area (Å²) in [5, 5.41) is 7.87. The molecule has 0 saturated carbocycles. The Hall–Kier alpha value is -3.57. The fourth-order valence-electron chi connectivity index (χ4n) is 3.14. The topological polar surface area (TPSA) is 56.2 Å². The molecule has 156 valence electrons. The Kier molecular flexibility index (Phi) is 6.65. The first-order chi connectivity index (χ1) is 15.2. The minimum atomic E-state index is -0.174. The number of amides is 1. The van der Waals surface area contributed by atoms with E-state index < -0.39 is 0 Å². The average Bonchev–Trinajstić information content (AvgIpc) is 3.31. The van der Waals surface area contributed by atoms with Gasteiger partial charge in [0.25, 0.3) is 5.91 Å². The van der Waals surface area contributed by atoms with Gasteiger partial charge in [-0.1, -0.05) is 60.1 Å². The van der Waals surface area contributed by atoms with E-state index in [1.165, 1.54) is 0 Å². The summed E-state index contributed by atoms with van der Waals surface area (Å²) in [6.45, 7) is 1.52. The molecule has 0 aliphatic rings. The maximum Gasteiger partial charge on any atom is 0.255 e. The lowest BCUT2D eigenvalue weighted by molar-refractivity contribution is 0.0946. The van der Waals surface area contributed by atoms with Gasteiger partial charge in [-0.25, -0.2) is 0 Å². The van der Waals surface area contributed by atoms with Gasteiger partial charge in [-0.2, -0.15) is 5.10 Å². The Labute approximate surface area is 186 Å². The first-order valence-corrected chi connectivity index (χ1v) is 10.3. The van der Waals surface area contributed by atoms with Crippen molar-refractivity contribution >= 4 is 17.5 Å². The highest BCUT2D eigenvalue weighted by molar-refractivity contribution is 6.30. The monoisotopic (exact) mass is 431 g/mol. The number of nitrogens with one attached hydrogen (secondary N) is 1. The summed E-state index contributed by atoms with van der Waals surface area (Å²) in [6, 6.07) is 24.7. The SMILES string of the molecule is O=C(NCc1ccc(Cn2cccn2)cc1)c1ccccc1OCc1ccc(Cl)cc1. The fraction of sp³-hybridized carbons (Fsp3) is 0.120. The van der Waals surface area contributed by atoms with Crippen LogP contribution in [0.4, 0.5) is 0 Å². The first-order valence-electron chi connectivity index (χ1n) is 9.97. The van der Waals surface area contributed by atoms with E-state index in [0.29, 0.717) is 29.5 Å². The van der Waals surface area contributed by atoms with E-state index in [0.717, 1.165) is 23.2 Å². The average molecular weight is 432 g/mol. The number of hydrogen-bond donors (Lipinski definition) is 1. The smallest absolute Gasteiger partial charge is 0.255 e. The van der Waals surface area contributed by atoms with Gasteiger partial charge in [0.15, 0.2) is 0 Å². The molecular formula is C25H22ClN3O2. The number of benzene rings is 3. The number of aromatic nitrogens is 2. The second kappa shape index (κ2) is 9.96. The largest absolute Gasteiger partial charge is 0.488 e. The van der Waals surface area contributed by atoms with E-state index in [1.54, 1.807) is 18.3 Å². The number of halogens is 1. The highest BCUT2D eigenvalue weighted by Crippen LogP contribution is 2.20. The van der Waals surface area contributed by atoms with Gasteiger partial charge in [-0.3, -0.25) is 9.48 Å². The number of hydrogen-bond acceptors (Lipinski definition) is 3. The summed E-state index contributed by atoms with van der Waals surface area (Å²) in [7, 11) is 0. The van der Waals surface area contributed by atoms with Crippen LogP contribution in [0.1, 0.15) is 27.0 Å². The maximum atomic E-state index is 12.8. The highest BCUT2D eigenvalue weighted by Gasteiger charge is 2.12. The van der Waals surface area contributed by atoms with Gasteiger partial charge >= 0.3 is 0 Å². The molecule has 4 aromatic rings. The number of rotatable bonds is 8. The molecule has 31 heavy (non-hydrogen) atoms. The molecule has 6 heteroatoms. The van der Waals surface area contributed by atoms with Crippen LogP contribution >= 0.6 is 11.6 Å². The molecule has 0 spiro atoms. The predicted octanol–water partition coefficient (Wildman–Crippen LogP) is 5.09. The van der Waals surface area contributed by atoms with Gasteiger partial charge in [0, 0.05) is 24.0 Å². The van der Waals surface area contributed by atoms with Crippen LogP contribution in [0.5, 0.6) is 5.75 Å². The van der Waals surface area contributed by atoms with Crippen LogP contribution in [0.3, 0.4) is 0 Å². The third-order valence-corrected chi connectivity index (χ3v) is 5.07. The van der Waals surface area contributed by atoms with E-state index in [1.807, 2.05) is 77.6 Å². The third kappa shape index (κ3) is 5.74. The predicted molar refractivity (Wildman–Crippen MR) is 121 cm³/mol. The fourth-order valence-corrected chi connectivity index (χ4v) is 3.27. The van der Waals surface area contributed by atoms with Crippen molar-refractivity contribution in [2.45, 2.75) is 19.7 Å². The van der Waals surface area contributed by atoms with Gasteiger partial charge < -0.3 is 10.1 Å². The molecule has 0 atom stereocenters. The van der Waals surface area contributed by atoms with Crippen molar-refractivity contribution in [3.63, 3.8) is 0 Å². The van der Waals surface area contributed by atoms with Crippen LogP contribution in [-0.4, -0.2) is 15.7 Å². The molecule has 0 fully saturated rings. The van der Waals surface area contributed by atoms with Crippen molar-refractivity contribution in [2.75, 3.05) is 0 Å². The van der Waals surface area contributed by atoms with Crippen molar-refractivity contribution in [1.29, 1.82) is 0 Å². The molecule has 0 aliphatic carbocycles. The molecule has 4 rings (SSSR count). The van der Waals surface area contributed by atoms with E-state index >= 15 is 0 Å².